The van der Waals surface area contributed by atoms with Crippen LogP contribution in [0.3, 0.4) is 0 Å². The molecule has 13 heavy (non-hydrogen) atoms. The third-order valence-electron chi connectivity index (χ3n) is 2.71. The van der Waals surface area contributed by atoms with Crippen LogP contribution in [-0.4, -0.2) is 36.0 Å². The van der Waals surface area contributed by atoms with Crippen molar-refractivity contribution in [3.63, 3.8) is 0 Å². The van der Waals surface area contributed by atoms with Gasteiger partial charge in [0.15, 0.2) is 6.10 Å². The predicted molar refractivity (Wildman–Crippen MR) is 44.5 cm³/mol. The quantitative estimate of drug-likeness (QED) is 0.693. The highest BCUT2D eigenvalue weighted by Crippen LogP contribution is 2.28. The zero-order valence-electron chi connectivity index (χ0n) is 7.44. The van der Waals surface area contributed by atoms with E-state index in [1.165, 1.54) is 0 Å². The van der Waals surface area contributed by atoms with Crippen molar-refractivity contribution in [3.8, 4) is 0 Å². The molecular formula is C9H14O4. The molecule has 3 atom stereocenters. The highest BCUT2D eigenvalue weighted by atomic mass is 16.6. The Morgan fingerprint density at radius 2 is 2.08 bits per heavy atom. The average Bonchev–Trinajstić information content (AvgIpc) is 2.75. The van der Waals surface area contributed by atoms with Crippen molar-refractivity contribution in [2.75, 3.05) is 6.61 Å². The van der Waals surface area contributed by atoms with Crippen LogP contribution in [0.25, 0.3) is 0 Å². The van der Waals surface area contributed by atoms with E-state index >= 15 is 0 Å². The maximum absolute atomic E-state index is 10.6. The minimum absolute atomic E-state index is 0.0172. The van der Waals surface area contributed by atoms with E-state index in [0.717, 1.165) is 25.9 Å². The second-order valence-corrected chi connectivity index (χ2v) is 3.63. The fourth-order valence-corrected chi connectivity index (χ4v) is 2.01. The number of ether oxygens (including phenoxy) is 2. The van der Waals surface area contributed by atoms with Crippen molar-refractivity contribution in [1.29, 1.82) is 0 Å². The van der Waals surface area contributed by atoms with Crippen LogP contribution in [0, 0.1) is 0 Å². The van der Waals surface area contributed by atoms with Crippen LogP contribution in [0.4, 0.5) is 0 Å². The lowest BCUT2D eigenvalue weighted by Crippen LogP contribution is -2.28. The Balaban J connectivity index is 1.86. The first-order valence-electron chi connectivity index (χ1n) is 4.77. The molecule has 1 N–H and O–H groups in total. The van der Waals surface area contributed by atoms with E-state index in [1.54, 1.807) is 0 Å². The summed E-state index contributed by atoms with van der Waals surface area (Å²) in [6.45, 7) is 0.794. The second-order valence-electron chi connectivity index (χ2n) is 3.63. The van der Waals surface area contributed by atoms with Crippen LogP contribution in [0.2, 0.25) is 0 Å². The molecule has 2 aliphatic rings. The normalized spacial score (nSPS) is 39.5. The Morgan fingerprint density at radius 3 is 2.62 bits per heavy atom. The van der Waals surface area contributed by atoms with Crippen LogP contribution in [0.15, 0.2) is 0 Å². The molecule has 0 unspecified atom stereocenters. The monoisotopic (exact) mass is 186 g/mol. The van der Waals surface area contributed by atoms with E-state index in [0.29, 0.717) is 6.42 Å². The molecule has 0 aromatic carbocycles. The van der Waals surface area contributed by atoms with Gasteiger partial charge in [0.2, 0.25) is 0 Å². The molecule has 0 spiro atoms. The van der Waals surface area contributed by atoms with Gasteiger partial charge in [-0.3, -0.25) is 0 Å². The van der Waals surface area contributed by atoms with Crippen LogP contribution in [0.5, 0.6) is 0 Å². The van der Waals surface area contributed by atoms with Gasteiger partial charge < -0.3 is 14.6 Å². The van der Waals surface area contributed by atoms with Gasteiger partial charge in [-0.05, 0) is 25.7 Å². The van der Waals surface area contributed by atoms with Gasteiger partial charge in [0.25, 0.3) is 0 Å². The molecule has 0 aromatic heterocycles. The molecule has 0 aliphatic carbocycles. The summed E-state index contributed by atoms with van der Waals surface area (Å²) in [5, 5.41) is 8.71. The van der Waals surface area contributed by atoms with Crippen molar-refractivity contribution in [2.24, 2.45) is 0 Å². The first-order chi connectivity index (χ1) is 6.27. The van der Waals surface area contributed by atoms with E-state index in [1.807, 2.05) is 0 Å². The van der Waals surface area contributed by atoms with Crippen LogP contribution < -0.4 is 0 Å². The minimum atomic E-state index is -0.847. The summed E-state index contributed by atoms with van der Waals surface area (Å²) in [6.07, 6.45) is 3.09. The summed E-state index contributed by atoms with van der Waals surface area (Å²) in [5.41, 5.74) is 0. The van der Waals surface area contributed by atoms with Crippen molar-refractivity contribution in [1.82, 2.24) is 0 Å². The smallest absolute Gasteiger partial charge is 0.332 e. The Labute approximate surface area is 76.8 Å². The Kier molecular flexibility index (Phi) is 2.51. The number of hydrogen-bond acceptors (Lipinski definition) is 3. The van der Waals surface area contributed by atoms with E-state index in [9.17, 15) is 4.79 Å². The van der Waals surface area contributed by atoms with Crippen LogP contribution in [-0.2, 0) is 14.3 Å². The Hall–Kier alpha value is -0.610. The fourth-order valence-electron chi connectivity index (χ4n) is 2.01. The van der Waals surface area contributed by atoms with Crippen molar-refractivity contribution in [2.45, 2.75) is 44.0 Å². The zero-order valence-corrected chi connectivity index (χ0v) is 7.44. The van der Waals surface area contributed by atoms with E-state index < -0.39 is 12.1 Å². The maximum atomic E-state index is 10.6. The highest BCUT2D eigenvalue weighted by Gasteiger charge is 2.36. The zero-order chi connectivity index (χ0) is 9.26. The SMILES string of the molecule is O=C(O)[C@@H]1CC[C@H]([C@@H]2CCCO2)O1. The summed E-state index contributed by atoms with van der Waals surface area (Å²) in [6, 6.07) is 0. The van der Waals surface area contributed by atoms with Gasteiger partial charge in [0, 0.05) is 6.61 Å². The van der Waals surface area contributed by atoms with E-state index in [-0.39, 0.29) is 12.2 Å². The molecule has 0 radical (unpaired) electrons. The lowest BCUT2D eigenvalue weighted by Gasteiger charge is -2.17. The summed E-state index contributed by atoms with van der Waals surface area (Å²) in [7, 11) is 0. The van der Waals surface area contributed by atoms with Gasteiger partial charge in [-0.15, -0.1) is 0 Å². The molecule has 74 valence electrons. The Morgan fingerprint density at radius 1 is 1.23 bits per heavy atom. The molecule has 2 rings (SSSR count). The van der Waals surface area contributed by atoms with Gasteiger partial charge in [0.1, 0.15) is 0 Å². The van der Waals surface area contributed by atoms with Gasteiger partial charge in [0.05, 0.1) is 12.2 Å². The number of carboxylic acid groups (broad SMARTS) is 1. The minimum Gasteiger partial charge on any atom is -0.479 e. The molecule has 0 amide bonds. The topological polar surface area (TPSA) is 55.8 Å². The van der Waals surface area contributed by atoms with Crippen molar-refractivity contribution >= 4 is 5.97 Å². The number of rotatable bonds is 2. The molecule has 0 aromatic rings. The molecule has 2 fully saturated rings. The third kappa shape index (κ3) is 1.84. The maximum Gasteiger partial charge on any atom is 0.332 e. The van der Waals surface area contributed by atoms with Crippen LogP contribution in [0.1, 0.15) is 25.7 Å². The lowest BCUT2D eigenvalue weighted by atomic mass is 10.1. The molecule has 0 bridgehead atoms. The summed E-state index contributed by atoms with van der Waals surface area (Å²) in [4.78, 5) is 10.6. The molecule has 4 heteroatoms. The molecule has 4 nitrogen and oxygen atoms in total. The molecule has 0 saturated carbocycles. The third-order valence-corrected chi connectivity index (χ3v) is 2.71. The number of carbonyl (C=O) groups is 1. The molecular weight excluding hydrogens is 172 g/mol. The van der Waals surface area contributed by atoms with Gasteiger partial charge in [-0.25, -0.2) is 4.79 Å². The fraction of sp³-hybridized carbons (Fsp3) is 0.889. The molecule has 2 aliphatic heterocycles. The highest BCUT2D eigenvalue weighted by molar-refractivity contribution is 5.72. The summed E-state index contributed by atoms with van der Waals surface area (Å²) < 4.78 is 10.8. The van der Waals surface area contributed by atoms with Crippen molar-refractivity contribution in [3.05, 3.63) is 0 Å². The first-order valence-corrected chi connectivity index (χ1v) is 4.77. The van der Waals surface area contributed by atoms with Crippen molar-refractivity contribution < 1.29 is 19.4 Å². The van der Waals surface area contributed by atoms with Gasteiger partial charge in [-0.1, -0.05) is 0 Å². The number of aliphatic carboxylic acids is 1. The summed E-state index contributed by atoms with van der Waals surface area (Å²) >= 11 is 0. The summed E-state index contributed by atoms with van der Waals surface area (Å²) in [5.74, 6) is -0.847. The van der Waals surface area contributed by atoms with Gasteiger partial charge >= 0.3 is 5.97 Å². The molecule has 2 saturated heterocycles. The van der Waals surface area contributed by atoms with Crippen LogP contribution >= 0.6 is 0 Å². The number of carboxylic acids is 1. The largest absolute Gasteiger partial charge is 0.479 e. The Bertz CT molecular complexity index is 198. The van der Waals surface area contributed by atoms with Gasteiger partial charge in [-0.2, -0.15) is 0 Å². The lowest BCUT2D eigenvalue weighted by molar-refractivity contribution is -0.152. The average molecular weight is 186 g/mol. The van der Waals surface area contributed by atoms with E-state index in [2.05, 4.69) is 0 Å². The number of hydrogen-bond donors (Lipinski definition) is 1. The standard InChI is InChI=1S/C9H14O4/c10-9(11)8-4-3-7(13-8)6-2-1-5-12-6/h6-8H,1-5H2,(H,10,11)/t6-,7+,8-/m0/s1. The second kappa shape index (κ2) is 3.64. The molecule has 2 heterocycles. The van der Waals surface area contributed by atoms with E-state index in [4.69, 9.17) is 14.6 Å². The first kappa shape index (κ1) is 8.97. The predicted octanol–water partition coefficient (Wildman–Crippen LogP) is 0.798.